The van der Waals surface area contributed by atoms with Gasteiger partial charge in [0.05, 0.1) is 28.8 Å². The summed E-state index contributed by atoms with van der Waals surface area (Å²) in [6, 6.07) is 18.1. The Labute approximate surface area is 257 Å². The fourth-order valence-electron chi connectivity index (χ4n) is 6.28. The normalized spacial score (nSPS) is 15.4. The van der Waals surface area contributed by atoms with Crippen molar-refractivity contribution in [1.29, 1.82) is 0 Å². The van der Waals surface area contributed by atoms with E-state index >= 15 is 0 Å². The zero-order valence-electron chi connectivity index (χ0n) is 24.9. The first-order chi connectivity index (χ1) is 21.3. The van der Waals surface area contributed by atoms with Gasteiger partial charge in [0.2, 0.25) is 0 Å². The van der Waals surface area contributed by atoms with Gasteiger partial charge in [-0.3, -0.25) is 9.59 Å². The second-order valence-corrected chi connectivity index (χ2v) is 11.9. The molecule has 0 atom stereocenters. The average molecular weight is 590 g/mol. The Morgan fingerprint density at radius 3 is 2.41 bits per heavy atom. The average Bonchev–Trinajstić information content (AvgIpc) is 3.03. The van der Waals surface area contributed by atoms with Gasteiger partial charge in [-0.25, -0.2) is 14.4 Å². The molecule has 1 fully saturated rings. The second-order valence-electron chi connectivity index (χ2n) is 11.9. The molecule has 3 aromatic carbocycles. The van der Waals surface area contributed by atoms with Crippen LogP contribution in [0.5, 0.6) is 0 Å². The quantitative estimate of drug-likeness (QED) is 0.233. The van der Waals surface area contributed by atoms with Gasteiger partial charge < -0.3 is 10.0 Å². The Morgan fingerprint density at radius 2 is 1.68 bits per heavy atom. The molecule has 6 rings (SSSR count). The third kappa shape index (κ3) is 6.77. The number of rotatable bonds is 8. The van der Waals surface area contributed by atoms with Gasteiger partial charge in [0.1, 0.15) is 5.82 Å². The van der Waals surface area contributed by atoms with Crippen LogP contribution >= 0.6 is 0 Å². The van der Waals surface area contributed by atoms with Crippen LogP contribution in [0.3, 0.4) is 0 Å². The Kier molecular flexibility index (Phi) is 8.64. The van der Waals surface area contributed by atoms with E-state index in [0.29, 0.717) is 46.5 Å². The fraction of sp³-hybridized carbons (Fsp3) is 0.297. The van der Waals surface area contributed by atoms with Crippen molar-refractivity contribution in [3.63, 3.8) is 0 Å². The topological polar surface area (TPSA) is 83.4 Å². The smallest absolute Gasteiger partial charge is 0.307 e. The molecule has 44 heavy (non-hydrogen) atoms. The first-order valence-corrected chi connectivity index (χ1v) is 15.4. The lowest BCUT2D eigenvalue weighted by Crippen LogP contribution is -2.38. The molecule has 0 unspecified atom stereocenters. The number of fused-ring (bicyclic) bond motifs is 1. The van der Waals surface area contributed by atoms with Crippen LogP contribution in [-0.2, 0) is 24.1 Å². The van der Waals surface area contributed by atoms with Gasteiger partial charge >= 0.3 is 5.97 Å². The SMILES string of the molecule is Cc1ccc(-c2nc3ccc(C(=O)N4CCC(C5=CCCC=C5)CC4)cc3nc2CCc2cc(F)cc(CC(=O)O)c2)cc1. The molecule has 2 aliphatic rings. The number of aromatic nitrogens is 2. The maximum Gasteiger partial charge on any atom is 0.307 e. The number of carboxylic acid groups (broad SMARTS) is 1. The number of allylic oxidation sites excluding steroid dienone is 4. The van der Waals surface area contributed by atoms with Crippen molar-refractivity contribution in [3.05, 3.63) is 118 Å². The number of likely N-dealkylation sites (tertiary alicyclic amines) is 1. The van der Waals surface area contributed by atoms with E-state index in [9.17, 15) is 19.1 Å². The van der Waals surface area contributed by atoms with Gasteiger partial charge in [0.25, 0.3) is 5.91 Å². The lowest BCUT2D eigenvalue weighted by Gasteiger charge is -2.33. The van der Waals surface area contributed by atoms with E-state index in [1.807, 2.05) is 54.3 Å². The van der Waals surface area contributed by atoms with Gasteiger partial charge in [-0.1, -0.05) is 54.1 Å². The predicted molar refractivity (Wildman–Crippen MR) is 170 cm³/mol. The third-order valence-corrected chi connectivity index (χ3v) is 8.61. The molecule has 0 radical (unpaired) electrons. The molecule has 224 valence electrons. The molecule has 0 spiro atoms. The van der Waals surface area contributed by atoms with E-state index in [2.05, 4.69) is 18.2 Å². The van der Waals surface area contributed by atoms with Crippen molar-refractivity contribution in [2.75, 3.05) is 13.1 Å². The number of carboxylic acids is 1. The van der Waals surface area contributed by atoms with Crippen LogP contribution < -0.4 is 0 Å². The van der Waals surface area contributed by atoms with Crippen LogP contribution in [0.1, 0.15) is 58.4 Å². The minimum Gasteiger partial charge on any atom is -0.481 e. The number of piperidine rings is 1. The van der Waals surface area contributed by atoms with Crippen LogP contribution in [0.15, 0.2) is 84.5 Å². The summed E-state index contributed by atoms with van der Waals surface area (Å²) >= 11 is 0. The molecule has 1 N–H and O–H groups in total. The number of hydrogen-bond donors (Lipinski definition) is 1. The van der Waals surface area contributed by atoms with Crippen LogP contribution in [0.4, 0.5) is 4.39 Å². The molecule has 6 nitrogen and oxygen atoms in total. The molecule has 0 bridgehead atoms. The maximum absolute atomic E-state index is 14.3. The monoisotopic (exact) mass is 589 g/mol. The summed E-state index contributed by atoms with van der Waals surface area (Å²) in [6.07, 6.45) is 11.7. The van der Waals surface area contributed by atoms with Gasteiger partial charge in [0.15, 0.2) is 0 Å². The number of halogens is 1. The largest absolute Gasteiger partial charge is 0.481 e. The van der Waals surface area contributed by atoms with Crippen LogP contribution in [0.25, 0.3) is 22.3 Å². The third-order valence-electron chi connectivity index (χ3n) is 8.61. The van der Waals surface area contributed by atoms with Gasteiger partial charge in [0, 0.05) is 24.2 Å². The van der Waals surface area contributed by atoms with Gasteiger partial charge in [-0.05, 0) is 98.4 Å². The molecular weight excluding hydrogens is 553 g/mol. The minimum absolute atomic E-state index is 0.00944. The standard InChI is InChI=1S/C37H36FN3O3/c1-24-7-10-29(11-8-24)36-33(13-9-25-19-26(22-35(42)43)21-31(38)20-25)39-34-23-30(12-14-32(34)40-36)37(44)41-17-15-28(16-18-41)27-5-3-2-4-6-27/h3,5-8,10-12,14,19-21,23,28H,2,4,9,13,15-18,22H2,1H3,(H,42,43). The molecule has 4 aromatic rings. The van der Waals surface area contributed by atoms with Crippen molar-refractivity contribution in [1.82, 2.24) is 14.9 Å². The van der Waals surface area contributed by atoms with Gasteiger partial charge in [-0.2, -0.15) is 0 Å². The van der Waals surface area contributed by atoms with Crippen molar-refractivity contribution in [2.45, 2.75) is 51.9 Å². The summed E-state index contributed by atoms with van der Waals surface area (Å²) in [7, 11) is 0. The summed E-state index contributed by atoms with van der Waals surface area (Å²) in [5.41, 5.74) is 8.02. The predicted octanol–water partition coefficient (Wildman–Crippen LogP) is 7.29. The zero-order chi connectivity index (χ0) is 30.6. The molecule has 7 heteroatoms. The highest BCUT2D eigenvalue weighted by atomic mass is 19.1. The van der Waals surface area contributed by atoms with Gasteiger partial charge in [-0.15, -0.1) is 0 Å². The molecule has 2 heterocycles. The zero-order valence-corrected chi connectivity index (χ0v) is 24.9. The number of nitrogens with zero attached hydrogens (tertiary/aromatic N) is 3. The molecule has 0 saturated carbocycles. The number of amides is 1. The number of carbonyl (C=O) groups excluding carboxylic acids is 1. The molecule has 1 amide bonds. The molecule has 1 saturated heterocycles. The van der Waals surface area contributed by atoms with Crippen LogP contribution in [0, 0.1) is 18.7 Å². The number of aliphatic carboxylic acids is 1. The summed E-state index contributed by atoms with van der Waals surface area (Å²) in [5.74, 6) is -0.937. The van der Waals surface area contributed by atoms with E-state index < -0.39 is 11.8 Å². The van der Waals surface area contributed by atoms with E-state index in [0.717, 1.165) is 61.3 Å². The first kappa shape index (κ1) is 29.4. The highest BCUT2D eigenvalue weighted by molar-refractivity contribution is 5.97. The van der Waals surface area contributed by atoms with Crippen molar-refractivity contribution in [2.24, 2.45) is 5.92 Å². The maximum atomic E-state index is 14.3. The van der Waals surface area contributed by atoms with Crippen molar-refractivity contribution >= 4 is 22.9 Å². The molecule has 1 aliphatic carbocycles. The molecule has 1 aromatic heterocycles. The number of aryl methyl sites for hydroxylation is 3. The number of hydrogen-bond acceptors (Lipinski definition) is 4. The number of benzene rings is 3. The van der Waals surface area contributed by atoms with E-state index in [1.54, 1.807) is 6.07 Å². The fourth-order valence-corrected chi connectivity index (χ4v) is 6.28. The highest BCUT2D eigenvalue weighted by Crippen LogP contribution is 2.30. The van der Waals surface area contributed by atoms with E-state index in [-0.39, 0.29) is 12.3 Å². The van der Waals surface area contributed by atoms with Crippen molar-refractivity contribution < 1.29 is 19.1 Å². The van der Waals surface area contributed by atoms with E-state index in [1.165, 1.54) is 17.7 Å². The molecule has 1 aliphatic heterocycles. The Balaban J connectivity index is 1.26. The van der Waals surface area contributed by atoms with Crippen molar-refractivity contribution in [3.8, 4) is 11.3 Å². The Morgan fingerprint density at radius 1 is 0.909 bits per heavy atom. The highest BCUT2D eigenvalue weighted by Gasteiger charge is 2.26. The van der Waals surface area contributed by atoms with Crippen LogP contribution in [0.2, 0.25) is 0 Å². The Hall–Kier alpha value is -4.65. The summed E-state index contributed by atoms with van der Waals surface area (Å²) < 4.78 is 14.3. The van der Waals surface area contributed by atoms with E-state index in [4.69, 9.17) is 9.97 Å². The van der Waals surface area contributed by atoms with Crippen LogP contribution in [-0.4, -0.2) is 44.9 Å². The lowest BCUT2D eigenvalue weighted by molar-refractivity contribution is -0.136. The lowest BCUT2D eigenvalue weighted by atomic mass is 9.86. The Bertz CT molecular complexity index is 1770. The molecular formula is C37H36FN3O3. The first-order valence-electron chi connectivity index (χ1n) is 15.4. The summed E-state index contributed by atoms with van der Waals surface area (Å²) in [4.78, 5) is 36.7. The summed E-state index contributed by atoms with van der Waals surface area (Å²) in [5, 5.41) is 9.18. The summed E-state index contributed by atoms with van der Waals surface area (Å²) in [6.45, 7) is 3.49. The number of carbonyl (C=O) groups is 2. The minimum atomic E-state index is -1.00. The second kappa shape index (κ2) is 12.9.